The first kappa shape index (κ1) is 26.1. The van der Waals surface area contributed by atoms with E-state index < -0.39 is 0 Å². The number of piperidine rings is 2. The lowest BCUT2D eigenvalue weighted by atomic mass is 9.79. The van der Waals surface area contributed by atoms with Crippen molar-refractivity contribution in [3.05, 3.63) is 41.7 Å². The first-order valence-corrected chi connectivity index (χ1v) is 14.5. The lowest BCUT2D eigenvalue weighted by Gasteiger charge is -2.34. The van der Waals surface area contributed by atoms with Gasteiger partial charge in [0, 0.05) is 44.2 Å². The van der Waals surface area contributed by atoms with Gasteiger partial charge in [0.2, 0.25) is 5.95 Å². The summed E-state index contributed by atoms with van der Waals surface area (Å²) < 4.78 is 13.6. The summed E-state index contributed by atoms with van der Waals surface area (Å²) >= 11 is 5.73. The van der Waals surface area contributed by atoms with Gasteiger partial charge in [0.25, 0.3) is 0 Å². The molecule has 0 radical (unpaired) electrons. The van der Waals surface area contributed by atoms with E-state index in [-0.39, 0.29) is 11.2 Å². The highest BCUT2D eigenvalue weighted by molar-refractivity contribution is 7.80. The van der Waals surface area contributed by atoms with Crippen LogP contribution in [0.2, 0.25) is 0 Å². The van der Waals surface area contributed by atoms with Crippen LogP contribution in [0.4, 0.5) is 22.0 Å². The first-order chi connectivity index (χ1) is 17.9. The van der Waals surface area contributed by atoms with Crippen molar-refractivity contribution in [1.82, 2.24) is 15.3 Å². The van der Waals surface area contributed by atoms with E-state index in [1.54, 1.807) is 12.1 Å². The van der Waals surface area contributed by atoms with Gasteiger partial charge in [0.15, 0.2) is 5.11 Å². The molecule has 1 aliphatic carbocycles. The van der Waals surface area contributed by atoms with Crippen molar-refractivity contribution < 1.29 is 4.39 Å². The first-order valence-electron chi connectivity index (χ1n) is 14.1. The number of thiocarbonyl (C=S) groups is 1. The maximum atomic E-state index is 13.6. The Labute approximate surface area is 226 Å². The Morgan fingerprint density at radius 2 is 1.43 bits per heavy atom. The van der Waals surface area contributed by atoms with Crippen molar-refractivity contribution in [2.75, 3.05) is 47.8 Å². The number of rotatable bonds is 6. The number of hydrogen-bond acceptors (Lipinski definition) is 5. The summed E-state index contributed by atoms with van der Waals surface area (Å²) in [7, 11) is 0. The summed E-state index contributed by atoms with van der Waals surface area (Å²) in [4.78, 5) is 14.6. The standard InChI is InChI=1S/C29H41FN6S/c1-21-9-15-35(16-10-21)25-19-26(36-17-11-22(2)12-18-36)33-27(32-25)34-28(37)31-20-29(13-3-4-14-29)23-5-7-24(30)8-6-23/h5-8,19,21-22H,3-4,9-18,20H2,1-2H3,(H2,31,32,33,34,37). The number of nitrogens with one attached hydrogen (secondary N) is 2. The van der Waals surface area contributed by atoms with Crippen LogP contribution in [-0.4, -0.2) is 47.8 Å². The summed E-state index contributed by atoms with van der Waals surface area (Å²) in [6.07, 6.45) is 9.26. The Morgan fingerprint density at radius 3 is 1.95 bits per heavy atom. The van der Waals surface area contributed by atoms with Gasteiger partial charge in [-0.1, -0.05) is 38.8 Å². The molecule has 2 aliphatic heterocycles. The predicted octanol–water partition coefficient (Wildman–Crippen LogP) is 5.89. The van der Waals surface area contributed by atoms with Gasteiger partial charge in [-0.25, -0.2) is 4.39 Å². The van der Waals surface area contributed by atoms with Crippen LogP contribution < -0.4 is 20.4 Å². The maximum absolute atomic E-state index is 13.6. The van der Waals surface area contributed by atoms with Crippen molar-refractivity contribution in [3.63, 3.8) is 0 Å². The van der Waals surface area contributed by atoms with Crippen LogP contribution in [-0.2, 0) is 5.41 Å². The zero-order chi connectivity index (χ0) is 25.8. The number of hydrogen-bond donors (Lipinski definition) is 2. The molecule has 0 spiro atoms. The smallest absolute Gasteiger partial charge is 0.232 e. The Balaban J connectivity index is 1.31. The molecule has 3 heterocycles. The molecule has 0 atom stereocenters. The van der Waals surface area contributed by atoms with Crippen LogP contribution in [0, 0.1) is 17.7 Å². The minimum atomic E-state index is -0.193. The van der Waals surface area contributed by atoms with Gasteiger partial charge < -0.3 is 20.4 Å². The van der Waals surface area contributed by atoms with E-state index in [2.05, 4.69) is 40.3 Å². The highest BCUT2D eigenvalue weighted by Gasteiger charge is 2.35. The number of benzene rings is 1. The van der Waals surface area contributed by atoms with Gasteiger partial charge >= 0.3 is 0 Å². The average Bonchev–Trinajstić information content (AvgIpc) is 3.39. The fourth-order valence-electron chi connectivity index (χ4n) is 6.10. The normalized spacial score (nSPS) is 20.7. The highest BCUT2D eigenvalue weighted by Crippen LogP contribution is 2.40. The predicted molar refractivity (Wildman–Crippen MR) is 154 cm³/mol. The maximum Gasteiger partial charge on any atom is 0.232 e. The molecule has 0 unspecified atom stereocenters. The van der Waals surface area contributed by atoms with E-state index in [4.69, 9.17) is 22.2 Å². The van der Waals surface area contributed by atoms with Gasteiger partial charge in [-0.15, -0.1) is 0 Å². The van der Waals surface area contributed by atoms with Gasteiger partial charge in [-0.3, -0.25) is 0 Å². The lowest BCUT2D eigenvalue weighted by Crippen LogP contribution is -2.41. The molecular formula is C29H41FN6S. The van der Waals surface area contributed by atoms with Crippen LogP contribution >= 0.6 is 12.2 Å². The molecule has 37 heavy (non-hydrogen) atoms. The minimum absolute atomic E-state index is 0.0255. The fourth-order valence-corrected chi connectivity index (χ4v) is 6.26. The molecule has 1 aromatic carbocycles. The molecule has 1 saturated carbocycles. The molecule has 0 amide bonds. The molecule has 200 valence electrons. The van der Waals surface area contributed by atoms with Crippen LogP contribution in [0.25, 0.3) is 0 Å². The number of nitrogens with zero attached hydrogens (tertiary/aromatic N) is 4. The molecule has 6 nitrogen and oxygen atoms in total. The van der Waals surface area contributed by atoms with Gasteiger partial charge in [0.1, 0.15) is 17.5 Å². The summed E-state index contributed by atoms with van der Waals surface area (Å²) in [5.74, 6) is 3.86. The number of anilines is 3. The molecule has 3 fully saturated rings. The van der Waals surface area contributed by atoms with Crippen LogP contribution in [0.3, 0.4) is 0 Å². The Bertz CT molecular complexity index is 1010. The average molecular weight is 525 g/mol. The van der Waals surface area contributed by atoms with E-state index in [1.807, 2.05) is 12.1 Å². The SMILES string of the molecule is CC1CCN(c2cc(N3CCC(C)CC3)nc(NC(=S)NCC3(c4ccc(F)cc4)CCCC3)n2)CC1. The third-order valence-corrected chi connectivity index (χ3v) is 8.99. The Hall–Kier alpha value is -2.48. The van der Waals surface area contributed by atoms with E-state index in [0.717, 1.165) is 62.5 Å². The monoisotopic (exact) mass is 524 g/mol. The third-order valence-electron chi connectivity index (χ3n) is 8.74. The molecule has 2 aromatic rings. The van der Waals surface area contributed by atoms with Crippen molar-refractivity contribution in [2.24, 2.45) is 11.8 Å². The topological polar surface area (TPSA) is 56.3 Å². The fraction of sp³-hybridized carbons (Fsp3) is 0.621. The molecule has 3 aliphatic rings. The van der Waals surface area contributed by atoms with Crippen molar-refractivity contribution in [2.45, 2.75) is 70.6 Å². The molecule has 8 heteroatoms. The Kier molecular flexibility index (Phi) is 8.12. The summed E-state index contributed by atoms with van der Waals surface area (Å²) in [6.45, 7) is 9.47. The third kappa shape index (κ3) is 6.33. The molecule has 1 aromatic heterocycles. The van der Waals surface area contributed by atoms with Crippen LogP contribution in [0.5, 0.6) is 0 Å². The van der Waals surface area contributed by atoms with Crippen molar-refractivity contribution in [1.29, 1.82) is 0 Å². The second-order valence-corrected chi connectivity index (χ2v) is 12.0. The summed E-state index contributed by atoms with van der Waals surface area (Å²) in [6, 6.07) is 9.15. The molecule has 0 bridgehead atoms. The van der Waals surface area contributed by atoms with Crippen LogP contribution in [0.1, 0.15) is 70.8 Å². The zero-order valence-corrected chi connectivity index (χ0v) is 23.1. The number of aromatic nitrogens is 2. The second kappa shape index (κ2) is 11.5. The summed E-state index contributed by atoms with van der Waals surface area (Å²) in [5, 5.41) is 7.30. The van der Waals surface area contributed by atoms with Crippen molar-refractivity contribution >= 4 is 34.9 Å². The molecule has 2 saturated heterocycles. The molecule has 2 N–H and O–H groups in total. The number of halogens is 1. The van der Waals surface area contributed by atoms with E-state index in [9.17, 15) is 4.39 Å². The van der Waals surface area contributed by atoms with Crippen molar-refractivity contribution in [3.8, 4) is 0 Å². The van der Waals surface area contributed by atoms with Crippen LogP contribution in [0.15, 0.2) is 30.3 Å². The molecule has 5 rings (SSSR count). The van der Waals surface area contributed by atoms with E-state index in [1.165, 1.54) is 44.1 Å². The quantitative estimate of drug-likeness (QED) is 0.457. The van der Waals surface area contributed by atoms with E-state index >= 15 is 0 Å². The van der Waals surface area contributed by atoms with Gasteiger partial charge in [-0.05, 0) is 80.3 Å². The van der Waals surface area contributed by atoms with E-state index in [0.29, 0.717) is 17.6 Å². The highest BCUT2D eigenvalue weighted by atomic mass is 32.1. The minimum Gasteiger partial charge on any atom is -0.361 e. The second-order valence-electron chi connectivity index (χ2n) is 11.5. The summed E-state index contributed by atoms with van der Waals surface area (Å²) in [5.41, 5.74) is 1.16. The van der Waals surface area contributed by atoms with Gasteiger partial charge in [-0.2, -0.15) is 9.97 Å². The lowest BCUT2D eigenvalue weighted by molar-refractivity contribution is 0.433. The Morgan fingerprint density at radius 1 is 0.919 bits per heavy atom. The molecular weight excluding hydrogens is 483 g/mol. The van der Waals surface area contributed by atoms with Gasteiger partial charge in [0.05, 0.1) is 0 Å². The largest absolute Gasteiger partial charge is 0.361 e. The zero-order valence-electron chi connectivity index (χ0n) is 22.3.